The number of aromatic hydroxyl groups is 1. The van der Waals surface area contributed by atoms with Crippen molar-refractivity contribution in [3.63, 3.8) is 0 Å². The van der Waals surface area contributed by atoms with Gasteiger partial charge in [-0.2, -0.15) is 16.7 Å². The molecule has 1 aromatic heterocycles. The molecule has 0 aliphatic carbocycles. The van der Waals surface area contributed by atoms with Crippen LogP contribution in [0.5, 0.6) is 5.88 Å². The van der Waals surface area contributed by atoms with Crippen LogP contribution in [0.4, 0.5) is 0 Å². The lowest BCUT2D eigenvalue weighted by Crippen LogP contribution is -2.16. The highest BCUT2D eigenvalue weighted by molar-refractivity contribution is 7.98. The SMILES string of the molecule is CCc1c(O)nc(CSCC(C)C)[nH]c1=O. The van der Waals surface area contributed by atoms with E-state index in [1.165, 1.54) is 0 Å². The van der Waals surface area contributed by atoms with Gasteiger partial charge in [0.05, 0.1) is 11.3 Å². The Morgan fingerprint density at radius 3 is 2.69 bits per heavy atom. The first-order valence-electron chi connectivity index (χ1n) is 5.43. The molecule has 0 aromatic carbocycles. The van der Waals surface area contributed by atoms with Crippen molar-refractivity contribution in [2.75, 3.05) is 5.75 Å². The van der Waals surface area contributed by atoms with Crippen LogP contribution in [0, 0.1) is 5.92 Å². The largest absolute Gasteiger partial charge is 0.493 e. The summed E-state index contributed by atoms with van der Waals surface area (Å²) >= 11 is 1.70. The molecule has 90 valence electrons. The van der Waals surface area contributed by atoms with E-state index < -0.39 is 0 Å². The first-order valence-corrected chi connectivity index (χ1v) is 6.58. The Balaban J connectivity index is 2.72. The average Bonchev–Trinajstić information content (AvgIpc) is 2.16. The third-order valence-corrected chi connectivity index (χ3v) is 3.47. The van der Waals surface area contributed by atoms with E-state index in [4.69, 9.17) is 0 Å². The highest BCUT2D eigenvalue weighted by atomic mass is 32.2. The molecule has 16 heavy (non-hydrogen) atoms. The van der Waals surface area contributed by atoms with E-state index in [0.29, 0.717) is 29.5 Å². The summed E-state index contributed by atoms with van der Waals surface area (Å²) in [6.07, 6.45) is 0.494. The minimum Gasteiger partial charge on any atom is -0.493 e. The second kappa shape index (κ2) is 5.94. The van der Waals surface area contributed by atoms with Crippen molar-refractivity contribution in [2.24, 2.45) is 5.92 Å². The van der Waals surface area contributed by atoms with E-state index >= 15 is 0 Å². The molecule has 1 rings (SSSR count). The summed E-state index contributed by atoms with van der Waals surface area (Å²) in [7, 11) is 0. The van der Waals surface area contributed by atoms with Gasteiger partial charge in [-0.25, -0.2) is 0 Å². The van der Waals surface area contributed by atoms with Gasteiger partial charge in [-0.05, 0) is 18.1 Å². The molecule has 0 saturated carbocycles. The molecule has 5 heteroatoms. The molecule has 0 saturated heterocycles. The van der Waals surface area contributed by atoms with E-state index in [0.717, 1.165) is 5.75 Å². The highest BCUT2D eigenvalue weighted by Gasteiger charge is 2.08. The number of hydrogen-bond acceptors (Lipinski definition) is 4. The molecule has 0 unspecified atom stereocenters. The fourth-order valence-corrected chi connectivity index (χ4v) is 2.23. The zero-order chi connectivity index (χ0) is 12.1. The number of aromatic amines is 1. The molecular formula is C11H18N2O2S. The fraction of sp³-hybridized carbons (Fsp3) is 0.636. The molecule has 0 spiro atoms. The zero-order valence-corrected chi connectivity index (χ0v) is 10.7. The fourth-order valence-electron chi connectivity index (χ4n) is 1.31. The van der Waals surface area contributed by atoms with Gasteiger partial charge in [0.25, 0.3) is 5.56 Å². The molecule has 1 aromatic rings. The number of nitrogens with one attached hydrogen (secondary N) is 1. The van der Waals surface area contributed by atoms with E-state index in [1.807, 2.05) is 6.92 Å². The van der Waals surface area contributed by atoms with Gasteiger partial charge in [0.1, 0.15) is 5.82 Å². The Morgan fingerprint density at radius 2 is 2.19 bits per heavy atom. The summed E-state index contributed by atoms with van der Waals surface area (Å²) in [6.45, 7) is 6.10. The Bertz CT molecular complexity index is 401. The van der Waals surface area contributed by atoms with Crippen LogP contribution in [0.2, 0.25) is 0 Å². The van der Waals surface area contributed by atoms with Crippen LogP contribution in [-0.4, -0.2) is 20.8 Å². The Labute approximate surface area is 99.5 Å². The first-order chi connectivity index (χ1) is 7.54. The molecule has 1 heterocycles. The highest BCUT2D eigenvalue weighted by Crippen LogP contribution is 2.15. The number of thioether (sulfide) groups is 1. The minimum atomic E-state index is -0.227. The number of H-pyrrole nitrogens is 1. The lowest BCUT2D eigenvalue weighted by Gasteiger charge is -2.05. The molecule has 0 radical (unpaired) electrons. The zero-order valence-electron chi connectivity index (χ0n) is 9.91. The van der Waals surface area contributed by atoms with E-state index in [9.17, 15) is 9.90 Å². The Kier molecular flexibility index (Phi) is 4.86. The molecule has 2 N–H and O–H groups in total. The number of rotatable bonds is 5. The molecule has 0 aliphatic rings. The van der Waals surface area contributed by atoms with Gasteiger partial charge in [0.15, 0.2) is 0 Å². The van der Waals surface area contributed by atoms with Crippen LogP contribution < -0.4 is 5.56 Å². The second-order valence-corrected chi connectivity index (χ2v) is 5.11. The van der Waals surface area contributed by atoms with Crippen molar-refractivity contribution in [3.05, 3.63) is 21.7 Å². The third kappa shape index (κ3) is 3.56. The predicted octanol–water partition coefficient (Wildman–Crippen LogP) is 1.93. The summed E-state index contributed by atoms with van der Waals surface area (Å²) in [4.78, 5) is 18.2. The Hall–Kier alpha value is -0.970. The van der Waals surface area contributed by atoms with Gasteiger partial charge in [0, 0.05) is 0 Å². The summed E-state index contributed by atoms with van der Waals surface area (Å²) in [5.74, 6) is 2.67. The van der Waals surface area contributed by atoms with E-state index in [-0.39, 0.29) is 11.4 Å². The molecule has 0 amide bonds. The molecule has 0 bridgehead atoms. The van der Waals surface area contributed by atoms with E-state index in [1.54, 1.807) is 11.8 Å². The number of nitrogens with zero attached hydrogens (tertiary/aromatic N) is 1. The van der Waals surface area contributed by atoms with E-state index in [2.05, 4.69) is 23.8 Å². The summed E-state index contributed by atoms with van der Waals surface area (Å²) in [6, 6.07) is 0. The maximum atomic E-state index is 11.5. The van der Waals surface area contributed by atoms with Gasteiger partial charge in [-0.3, -0.25) is 4.79 Å². The molecular weight excluding hydrogens is 224 g/mol. The summed E-state index contributed by atoms with van der Waals surface area (Å²) in [5, 5.41) is 9.54. The molecule has 0 fully saturated rings. The topological polar surface area (TPSA) is 66.0 Å². The lowest BCUT2D eigenvalue weighted by atomic mass is 10.2. The van der Waals surface area contributed by atoms with Crippen molar-refractivity contribution in [1.82, 2.24) is 9.97 Å². The van der Waals surface area contributed by atoms with Crippen molar-refractivity contribution >= 4 is 11.8 Å². The van der Waals surface area contributed by atoms with Gasteiger partial charge in [0.2, 0.25) is 5.88 Å². The monoisotopic (exact) mass is 242 g/mol. The second-order valence-electron chi connectivity index (χ2n) is 4.08. The minimum absolute atomic E-state index is 0.133. The van der Waals surface area contributed by atoms with Gasteiger partial charge in [-0.1, -0.05) is 20.8 Å². The van der Waals surface area contributed by atoms with Crippen LogP contribution in [-0.2, 0) is 12.2 Å². The first kappa shape index (κ1) is 13.1. The Morgan fingerprint density at radius 1 is 1.50 bits per heavy atom. The van der Waals surface area contributed by atoms with Gasteiger partial charge >= 0.3 is 0 Å². The standard InChI is InChI=1S/C11H18N2O2S/c1-4-8-10(14)12-9(13-11(8)15)6-16-5-7(2)3/h7H,4-6H2,1-3H3,(H2,12,13,14,15). The van der Waals surface area contributed by atoms with Gasteiger partial charge < -0.3 is 10.1 Å². The molecule has 0 atom stereocenters. The lowest BCUT2D eigenvalue weighted by molar-refractivity contribution is 0.441. The maximum absolute atomic E-state index is 11.5. The molecule has 4 nitrogen and oxygen atoms in total. The quantitative estimate of drug-likeness (QED) is 0.828. The van der Waals surface area contributed by atoms with Crippen LogP contribution in [0.1, 0.15) is 32.2 Å². The van der Waals surface area contributed by atoms with Crippen LogP contribution in [0.15, 0.2) is 4.79 Å². The van der Waals surface area contributed by atoms with Crippen LogP contribution in [0.3, 0.4) is 0 Å². The van der Waals surface area contributed by atoms with Gasteiger partial charge in [-0.15, -0.1) is 0 Å². The van der Waals surface area contributed by atoms with Crippen molar-refractivity contribution in [2.45, 2.75) is 32.9 Å². The number of hydrogen-bond donors (Lipinski definition) is 2. The average molecular weight is 242 g/mol. The van der Waals surface area contributed by atoms with Crippen molar-refractivity contribution in [1.29, 1.82) is 0 Å². The van der Waals surface area contributed by atoms with Crippen LogP contribution >= 0.6 is 11.8 Å². The normalized spacial score (nSPS) is 11.0. The summed E-state index contributed by atoms with van der Waals surface area (Å²) < 4.78 is 0. The third-order valence-electron chi connectivity index (χ3n) is 2.09. The van der Waals surface area contributed by atoms with Crippen LogP contribution in [0.25, 0.3) is 0 Å². The predicted molar refractivity (Wildman–Crippen MR) is 66.9 cm³/mol. The summed E-state index contributed by atoms with van der Waals surface area (Å²) in [5.41, 5.74) is 0.132. The van der Waals surface area contributed by atoms with Crippen molar-refractivity contribution < 1.29 is 5.11 Å². The smallest absolute Gasteiger partial charge is 0.257 e. The molecule has 0 aliphatic heterocycles. The number of aromatic nitrogens is 2. The van der Waals surface area contributed by atoms with Crippen molar-refractivity contribution in [3.8, 4) is 5.88 Å². The maximum Gasteiger partial charge on any atom is 0.257 e.